The Morgan fingerprint density at radius 2 is 1.66 bits per heavy atom. The third-order valence-corrected chi connectivity index (χ3v) is 5.95. The molecule has 0 aromatic heterocycles. The average Bonchev–Trinajstić information content (AvgIpc) is 2.74. The quantitative estimate of drug-likeness (QED) is 0.300. The van der Waals surface area contributed by atoms with Crippen molar-refractivity contribution in [3.8, 4) is 11.5 Å². The number of hydrogen-bond donors (Lipinski definition) is 1. The maximum Gasteiger partial charge on any atom is 0.302 e. The third-order valence-electron chi connectivity index (χ3n) is 5.95. The molecule has 180 valence electrons. The van der Waals surface area contributed by atoms with Gasteiger partial charge in [0.2, 0.25) is 0 Å². The Kier molecular flexibility index (Phi) is 11.4. The van der Waals surface area contributed by atoms with Crippen LogP contribution in [-0.4, -0.2) is 35.4 Å². The van der Waals surface area contributed by atoms with E-state index >= 15 is 0 Å². The van der Waals surface area contributed by atoms with Crippen molar-refractivity contribution < 1.29 is 28.9 Å². The van der Waals surface area contributed by atoms with Gasteiger partial charge in [-0.25, -0.2) is 0 Å². The van der Waals surface area contributed by atoms with Crippen LogP contribution in [0, 0.1) is 0 Å². The maximum absolute atomic E-state index is 11.7. The molecule has 2 rings (SSSR count). The summed E-state index contributed by atoms with van der Waals surface area (Å²) in [5, 5.41) is 10.2. The topological polar surface area (TPSA) is 82.1 Å². The number of carbonyl (C=O) groups excluding carboxylic acids is 2. The van der Waals surface area contributed by atoms with Gasteiger partial charge in [-0.15, -0.1) is 0 Å². The fourth-order valence-corrected chi connectivity index (χ4v) is 4.33. The second kappa shape index (κ2) is 14.0. The Bertz CT molecular complexity index is 710. The Balaban J connectivity index is 1.99. The predicted octanol–water partition coefficient (Wildman–Crippen LogP) is 5.87. The van der Waals surface area contributed by atoms with Crippen molar-refractivity contribution in [3.63, 3.8) is 0 Å². The van der Waals surface area contributed by atoms with Crippen LogP contribution in [-0.2, 0) is 25.5 Å². The molecule has 0 amide bonds. The lowest BCUT2D eigenvalue weighted by Crippen LogP contribution is -2.27. The minimum Gasteiger partial charge on any atom is -0.504 e. The lowest BCUT2D eigenvalue weighted by Gasteiger charge is -2.24. The first kappa shape index (κ1) is 26.0. The van der Waals surface area contributed by atoms with Crippen molar-refractivity contribution in [2.75, 3.05) is 0 Å². The first-order valence-corrected chi connectivity index (χ1v) is 12.2. The zero-order valence-electron chi connectivity index (χ0n) is 19.9. The smallest absolute Gasteiger partial charge is 0.302 e. The lowest BCUT2D eigenvalue weighted by atomic mass is 9.97. The minimum atomic E-state index is -0.338. The molecule has 0 radical (unpaired) electrons. The lowest BCUT2D eigenvalue weighted by molar-refractivity contribution is -0.153. The molecule has 1 fully saturated rings. The number of ether oxygens (including phenoxy) is 3. The van der Waals surface area contributed by atoms with Gasteiger partial charge in [0.25, 0.3) is 0 Å². The van der Waals surface area contributed by atoms with Gasteiger partial charge in [0, 0.05) is 20.3 Å². The van der Waals surface area contributed by atoms with Gasteiger partial charge >= 0.3 is 11.9 Å². The van der Waals surface area contributed by atoms with Crippen molar-refractivity contribution in [3.05, 3.63) is 23.8 Å². The average molecular weight is 449 g/mol. The fraction of sp³-hybridized carbons (Fsp3) is 0.692. The molecule has 1 aromatic rings. The molecular weight excluding hydrogens is 408 g/mol. The Morgan fingerprint density at radius 1 is 1.00 bits per heavy atom. The maximum atomic E-state index is 11.7. The van der Waals surface area contributed by atoms with Gasteiger partial charge in [0.1, 0.15) is 12.2 Å². The third kappa shape index (κ3) is 9.92. The van der Waals surface area contributed by atoms with E-state index in [-0.39, 0.29) is 36.0 Å². The van der Waals surface area contributed by atoms with Crippen LogP contribution >= 0.6 is 0 Å². The standard InChI is InChI=1S/C26H40O6/c1-4-5-7-12-23(30-19(2)27)18-24(31-20(3)28)15-13-21-14-16-25(29)26(17-21)32-22-10-8-6-9-11-22/h14,16-17,22-24,29H,4-13,15,18H2,1-3H3/t23-,24+/m0/s1. The van der Waals surface area contributed by atoms with Crippen molar-refractivity contribution in [1.29, 1.82) is 0 Å². The predicted molar refractivity (Wildman–Crippen MR) is 124 cm³/mol. The first-order valence-electron chi connectivity index (χ1n) is 12.2. The van der Waals surface area contributed by atoms with Gasteiger partial charge in [-0.2, -0.15) is 0 Å². The molecule has 1 aliphatic rings. The molecule has 32 heavy (non-hydrogen) atoms. The van der Waals surface area contributed by atoms with Crippen LogP contribution in [0.25, 0.3) is 0 Å². The minimum absolute atomic E-state index is 0.154. The molecule has 0 heterocycles. The largest absolute Gasteiger partial charge is 0.504 e. The molecule has 0 aliphatic heterocycles. The van der Waals surface area contributed by atoms with Gasteiger partial charge in [0.15, 0.2) is 11.5 Å². The molecule has 0 unspecified atom stereocenters. The van der Waals surface area contributed by atoms with Gasteiger partial charge in [0.05, 0.1) is 6.10 Å². The number of hydrogen-bond acceptors (Lipinski definition) is 6. The van der Waals surface area contributed by atoms with Crippen LogP contribution in [0.2, 0.25) is 0 Å². The monoisotopic (exact) mass is 448 g/mol. The molecule has 0 bridgehead atoms. The number of carbonyl (C=O) groups is 2. The van der Waals surface area contributed by atoms with Crippen LogP contribution < -0.4 is 4.74 Å². The SMILES string of the molecule is CCCCC[C@@H](C[C@@H](CCc1ccc(O)c(OC2CCCCC2)c1)OC(C)=O)OC(C)=O. The van der Waals surface area contributed by atoms with E-state index in [2.05, 4.69) is 6.92 Å². The summed E-state index contributed by atoms with van der Waals surface area (Å²) in [6, 6.07) is 5.43. The summed E-state index contributed by atoms with van der Waals surface area (Å²) in [5.74, 6) is 0.0331. The highest BCUT2D eigenvalue weighted by molar-refractivity contribution is 5.66. The van der Waals surface area contributed by atoms with E-state index in [4.69, 9.17) is 14.2 Å². The summed E-state index contributed by atoms with van der Waals surface area (Å²) in [5.41, 5.74) is 1.01. The molecule has 6 nitrogen and oxygen atoms in total. The number of aryl methyl sites for hydroxylation is 1. The highest BCUT2D eigenvalue weighted by Crippen LogP contribution is 2.32. The molecule has 1 saturated carbocycles. The number of benzene rings is 1. The highest BCUT2D eigenvalue weighted by Gasteiger charge is 2.22. The van der Waals surface area contributed by atoms with E-state index in [0.29, 0.717) is 25.0 Å². The van der Waals surface area contributed by atoms with Crippen molar-refractivity contribution in [1.82, 2.24) is 0 Å². The second-order valence-electron chi connectivity index (χ2n) is 8.91. The van der Waals surface area contributed by atoms with Crippen molar-refractivity contribution >= 4 is 11.9 Å². The van der Waals surface area contributed by atoms with Gasteiger partial charge in [-0.05, 0) is 69.1 Å². The molecular formula is C26H40O6. The van der Waals surface area contributed by atoms with Crippen molar-refractivity contribution in [2.24, 2.45) is 0 Å². The highest BCUT2D eigenvalue weighted by atomic mass is 16.6. The number of phenols is 1. The van der Waals surface area contributed by atoms with E-state index in [1.807, 2.05) is 12.1 Å². The number of rotatable bonds is 13. The molecule has 0 saturated heterocycles. The summed E-state index contributed by atoms with van der Waals surface area (Å²) in [6.07, 6.45) is 10.9. The summed E-state index contributed by atoms with van der Waals surface area (Å²) in [4.78, 5) is 23.2. The number of aromatic hydroxyl groups is 1. The second-order valence-corrected chi connectivity index (χ2v) is 8.91. The summed E-state index contributed by atoms with van der Waals surface area (Å²) >= 11 is 0. The van der Waals surface area contributed by atoms with E-state index in [0.717, 1.165) is 56.9 Å². The molecule has 1 aromatic carbocycles. The van der Waals surface area contributed by atoms with Gasteiger partial charge in [-0.3, -0.25) is 9.59 Å². The summed E-state index contributed by atoms with van der Waals surface area (Å²) in [6.45, 7) is 4.95. The van der Waals surface area contributed by atoms with Crippen LogP contribution in [0.5, 0.6) is 11.5 Å². The Morgan fingerprint density at radius 3 is 2.28 bits per heavy atom. The Hall–Kier alpha value is -2.24. The molecule has 6 heteroatoms. The molecule has 2 atom stereocenters. The van der Waals surface area contributed by atoms with E-state index in [1.165, 1.54) is 20.3 Å². The van der Waals surface area contributed by atoms with Gasteiger partial charge < -0.3 is 19.3 Å². The van der Waals surface area contributed by atoms with Crippen LogP contribution in [0.1, 0.15) is 97.0 Å². The van der Waals surface area contributed by atoms with Crippen molar-refractivity contribution in [2.45, 2.75) is 116 Å². The molecule has 1 N–H and O–H groups in total. The van der Waals surface area contributed by atoms with E-state index in [9.17, 15) is 14.7 Å². The number of esters is 2. The van der Waals surface area contributed by atoms with Crippen LogP contribution in [0.4, 0.5) is 0 Å². The van der Waals surface area contributed by atoms with Crippen LogP contribution in [0.15, 0.2) is 18.2 Å². The van der Waals surface area contributed by atoms with E-state index in [1.54, 1.807) is 6.07 Å². The van der Waals surface area contributed by atoms with E-state index < -0.39 is 0 Å². The Labute approximate surface area is 192 Å². The zero-order chi connectivity index (χ0) is 23.3. The first-order chi connectivity index (χ1) is 15.4. The number of phenolic OH excluding ortho intramolecular Hbond substituents is 1. The molecule has 0 spiro atoms. The number of unbranched alkanes of at least 4 members (excludes halogenated alkanes) is 2. The normalized spacial score (nSPS) is 16.2. The fourth-order valence-electron chi connectivity index (χ4n) is 4.33. The van der Waals surface area contributed by atoms with Gasteiger partial charge in [-0.1, -0.05) is 32.3 Å². The summed E-state index contributed by atoms with van der Waals surface area (Å²) in [7, 11) is 0. The zero-order valence-corrected chi connectivity index (χ0v) is 19.9. The van der Waals surface area contributed by atoms with Crippen LogP contribution in [0.3, 0.4) is 0 Å². The summed E-state index contributed by atoms with van der Waals surface area (Å²) < 4.78 is 17.1. The molecule has 1 aliphatic carbocycles.